The van der Waals surface area contributed by atoms with Gasteiger partial charge in [0.15, 0.2) is 5.13 Å². The van der Waals surface area contributed by atoms with Crippen molar-refractivity contribution in [2.45, 2.75) is 38.8 Å². The van der Waals surface area contributed by atoms with Crippen molar-refractivity contribution in [1.82, 2.24) is 19.9 Å². The zero-order chi connectivity index (χ0) is 23.6. The molecule has 0 bridgehead atoms. The highest BCUT2D eigenvalue weighted by Gasteiger charge is 2.26. The van der Waals surface area contributed by atoms with Crippen LogP contribution in [0.4, 0.5) is 5.13 Å². The van der Waals surface area contributed by atoms with Gasteiger partial charge >= 0.3 is 0 Å². The van der Waals surface area contributed by atoms with E-state index in [1.807, 2.05) is 23.8 Å². The fourth-order valence-corrected chi connectivity index (χ4v) is 4.37. The molecule has 0 saturated heterocycles. The van der Waals surface area contributed by atoms with Crippen LogP contribution in [0.2, 0.25) is 0 Å². The molecule has 0 aliphatic carbocycles. The number of phenolic OH excluding ortho intramolecular Hbond substituents is 1. The van der Waals surface area contributed by atoms with E-state index in [1.165, 1.54) is 17.5 Å². The molecule has 10 heteroatoms. The summed E-state index contributed by atoms with van der Waals surface area (Å²) in [6, 6.07) is 6.73. The number of amides is 2. The van der Waals surface area contributed by atoms with E-state index in [1.54, 1.807) is 42.7 Å². The van der Waals surface area contributed by atoms with E-state index in [9.17, 15) is 14.7 Å². The summed E-state index contributed by atoms with van der Waals surface area (Å²) in [5, 5.41) is 13.1. The number of imidazole rings is 1. The lowest BCUT2D eigenvalue weighted by Crippen LogP contribution is -2.40. The number of nitrogens with one attached hydrogen (secondary N) is 1. The van der Waals surface area contributed by atoms with Gasteiger partial charge in [0.25, 0.3) is 5.91 Å². The molecule has 0 aliphatic rings. The highest BCUT2D eigenvalue weighted by Crippen LogP contribution is 2.27. The molecule has 2 amide bonds. The van der Waals surface area contributed by atoms with E-state index in [-0.39, 0.29) is 30.0 Å². The lowest BCUT2D eigenvalue weighted by atomic mass is 10.1. The van der Waals surface area contributed by atoms with Crippen molar-refractivity contribution in [3.8, 4) is 5.75 Å². The predicted molar refractivity (Wildman–Crippen MR) is 127 cm³/mol. The normalized spacial score (nSPS) is 11.8. The van der Waals surface area contributed by atoms with Crippen LogP contribution in [0.3, 0.4) is 0 Å². The van der Waals surface area contributed by atoms with Crippen LogP contribution in [-0.4, -0.2) is 57.8 Å². The van der Waals surface area contributed by atoms with Gasteiger partial charge in [-0.25, -0.2) is 9.97 Å². The van der Waals surface area contributed by atoms with Gasteiger partial charge in [0.2, 0.25) is 5.91 Å². The number of hydrogen-bond acceptors (Lipinski definition) is 7. The first-order valence-corrected chi connectivity index (χ1v) is 11.6. The van der Waals surface area contributed by atoms with Crippen molar-refractivity contribution in [2.24, 2.45) is 0 Å². The highest BCUT2D eigenvalue weighted by atomic mass is 32.1. The lowest BCUT2D eigenvalue weighted by molar-refractivity contribution is -0.119. The number of rotatable bonds is 12. The monoisotopic (exact) mass is 471 g/mol. The van der Waals surface area contributed by atoms with Crippen LogP contribution in [0.25, 0.3) is 0 Å². The summed E-state index contributed by atoms with van der Waals surface area (Å²) in [7, 11) is 1.55. The minimum Gasteiger partial charge on any atom is -0.508 e. The zero-order valence-electron chi connectivity index (χ0n) is 18.8. The molecule has 0 fully saturated rings. The van der Waals surface area contributed by atoms with Gasteiger partial charge in [0, 0.05) is 38.6 Å². The second kappa shape index (κ2) is 12.1. The van der Waals surface area contributed by atoms with E-state index in [0.29, 0.717) is 29.6 Å². The molecule has 0 saturated carbocycles. The van der Waals surface area contributed by atoms with Gasteiger partial charge in [-0.2, -0.15) is 0 Å². The first kappa shape index (κ1) is 24.4. The Morgan fingerprint density at radius 3 is 2.94 bits per heavy atom. The third kappa shape index (κ3) is 7.13. The van der Waals surface area contributed by atoms with Crippen LogP contribution in [0, 0.1) is 0 Å². The number of thiazole rings is 1. The molecule has 2 N–H and O–H groups in total. The highest BCUT2D eigenvalue weighted by molar-refractivity contribution is 7.17. The molecule has 9 nitrogen and oxygen atoms in total. The van der Waals surface area contributed by atoms with Gasteiger partial charge < -0.3 is 19.7 Å². The number of aromatic hydroxyl groups is 1. The minimum absolute atomic E-state index is 0.133. The van der Waals surface area contributed by atoms with E-state index in [0.717, 1.165) is 18.5 Å². The summed E-state index contributed by atoms with van der Waals surface area (Å²) in [5.74, 6) is -0.168. The Hall–Kier alpha value is -3.24. The van der Waals surface area contributed by atoms with Crippen molar-refractivity contribution in [1.29, 1.82) is 0 Å². The number of hydrogen-bond donors (Lipinski definition) is 2. The molecule has 1 unspecified atom stereocenters. The molecule has 1 aromatic carbocycles. The molecule has 0 aliphatic heterocycles. The molecular weight excluding hydrogens is 442 g/mol. The van der Waals surface area contributed by atoms with Gasteiger partial charge in [-0.3, -0.25) is 14.5 Å². The van der Waals surface area contributed by atoms with Crippen LogP contribution in [0.5, 0.6) is 5.75 Å². The Morgan fingerprint density at radius 2 is 2.21 bits per heavy atom. The Bertz CT molecular complexity index is 1040. The summed E-state index contributed by atoms with van der Waals surface area (Å²) < 4.78 is 7.02. The molecule has 2 aromatic heterocycles. The molecule has 0 radical (unpaired) electrons. The summed E-state index contributed by atoms with van der Waals surface area (Å²) in [6.07, 6.45) is 8.35. The van der Waals surface area contributed by atoms with Crippen molar-refractivity contribution in [3.63, 3.8) is 0 Å². The van der Waals surface area contributed by atoms with Crippen molar-refractivity contribution in [3.05, 3.63) is 59.6 Å². The molecule has 33 heavy (non-hydrogen) atoms. The smallest absolute Gasteiger partial charge is 0.263 e. The quantitative estimate of drug-likeness (QED) is 0.393. The number of nitrogens with zero attached hydrogens (tertiary/aromatic N) is 4. The average Bonchev–Trinajstić information content (AvgIpc) is 3.48. The van der Waals surface area contributed by atoms with Crippen LogP contribution >= 0.6 is 11.3 Å². The molecule has 1 atom stereocenters. The van der Waals surface area contributed by atoms with Gasteiger partial charge in [0.05, 0.1) is 25.6 Å². The van der Waals surface area contributed by atoms with Gasteiger partial charge in [-0.15, -0.1) is 0 Å². The molecule has 0 spiro atoms. The number of aromatic nitrogens is 3. The third-order valence-corrected chi connectivity index (χ3v) is 6.03. The maximum atomic E-state index is 13.0. The molecule has 176 valence electrons. The first-order chi connectivity index (χ1) is 16.0. The fraction of sp³-hybridized carbons (Fsp3) is 0.391. The SMILES string of the molecule is COCCC(=O)N(c1ncc(C(=O)NCCCn2ccnc2)s1)C(C)Cc1cccc(O)c1. The lowest BCUT2D eigenvalue weighted by Gasteiger charge is -2.27. The zero-order valence-corrected chi connectivity index (χ0v) is 19.6. The van der Waals surface area contributed by atoms with Gasteiger partial charge in [0.1, 0.15) is 10.6 Å². The number of anilines is 1. The summed E-state index contributed by atoms with van der Waals surface area (Å²) in [4.78, 5) is 36.0. The van der Waals surface area contributed by atoms with Gasteiger partial charge in [-0.05, 0) is 37.5 Å². The van der Waals surface area contributed by atoms with Gasteiger partial charge in [-0.1, -0.05) is 23.5 Å². The largest absolute Gasteiger partial charge is 0.508 e. The van der Waals surface area contributed by atoms with Crippen LogP contribution in [0.1, 0.15) is 35.0 Å². The van der Waals surface area contributed by atoms with E-state index >= 15 is 0 Å². The van der Waals surface area contributed by atoms with Crippen LogP contribution < -0.4 is 10.2 Å². The number of carbonyl (C=O) groups excluding carboxylic acids is 2. The number of methoxy groups -OCH3 is 1. The fourth-order valence-electron chi connectivity index (χ4n) is 3.42. The second-order valence-corrected chi connectivity index (χ2v) is 8.66. The molecule has 2 heterocycles. The maximum Gasteiger partial charge on any atom is 0.263 e. The summed E-state index contributed by atoms with van der Waals surface area (Å²) in [6.45, 7) is 3.51. The average molecular weight is 472 g/mol. The van der Waals surface area contributed by atoms with Crippen LogP contribution in [0.15, 0.2) is 49.2 Å². The van der Waals surface area contributed by atoms with E-state index in [2.05, 4.69) is 15.3 Å². The van der Waals surface area contributed by atoms with Crippen LogP contribution in [-0.2, 0) is 22.5 Å². The molecule has 3 aromatic rings. The van der Waals surface area contributed by atoms with E-state index < -0.39 is 0 Å². The topological polar surface area (TPSA) is 110 Å². The number of ether oxygens (including phenoxy) is 1. The Kier molecular flexibility index (Phi) is 8.96. The standard InChI is InChI=1S/C23H29N5O4S/c1-17(13-18-5-3-6-19(29)14-18)28(21(30)7-12-32-2)23-26-15-20(33-23)22(31)25-8-4-10-27-11-9-24-16-27/h3,5-6,9,11,14-17,29H,4,7-8,10,12-13H2,1-2H3,(H,25,31). The van der Waals surface area contributed by atoms with Crippen molar-refractivity contribution < 1.29 is 19.4 Å². The molecule has 3 rings (SSSR count). The summed E-state index contributed by atoms with van der Waals surface area (Å²) in [5.41, 5.74) is 0.902. The Morgan fingerprint density at radius 1 is 1.36 bits per heavy atom. The van der Waals surface area contributed by atoms with E-state index in [4.69, 9.17) is 4.74 Å². The third-order valence-electron chi connectivity index (χ3n) is 5.03. The predicted octanol–water partition coefficient (Wildman–Crippen LogP) is 2.87. The number of benzene rings is 1. The molecular formula is C23H29N5O4S. The number of aryl methyl sites for hydroxylation is 1. The Labute approximate surface area is 197 Å². The Balaban J connectivity index is 1.65. The second-order valence-electron chi connectivity index (χ2n) is 7.65. The van der Waals surface area contributed by atoms with Crippen molar-refractivity contribution in [2.75, 3.05) is 25.2 Å². The first-order valence-electron chi connectivity index (χ1n) is 10.8. The minimum atomic E-state index is -0.228. The van der Waals surface area contributed by atoms with Crippen molar-refractivity contribution >= 4 is 28.3 Å². The number of carbonyl (C=O) groups is 2. The maximum absolute atomic E-state index is 13.0. The summed E-state index contributed by atoms with van der Waals surface area (Å²) >= 11 is 1.19. The number of phenols is 1.